The van der Waals surface area contributed by atoms with Gasteiger partial charge in [0.2, 0.25) is 0 Å². The van der Waals surface area contributed by atoms with Gasteiger partial charge < -0.3 is 0 Å². The van der Waals surface area contributed by atoms with Crippen LogP contribution < -0.4 is 0 Å². The number of halogens is 3. The van der Waals surface area contributed by atoms with Crippen molar-refractivity contribution < 1.29 is 0 Å². The molecule has 3 heteroatoms. The van der Waals surface area contributed by atoms with E-state index in [1.165, 1.54) is 5.56 Å². The highest BCUT2D eigenvalue weighted by molar-refractivity contribution is 6.37. The van der Waals surface area contributed by atoms with Gasteiger partial charge >= 0.3 is 0 Å². The molecule has 1 aliphatic rings. The molecule has 0 fully saturated rings. The topological polar surface area (TPSA) is 0 Å². The molecule has 2 atom stereocenters. The van der Waals surface area contributed by atoms with Gasteiger partial charge in [-0.05, 0) is 29.2 Å². The lowest BCUT2D eigenvalue weighted by molar-refractivity contribution is 0.721. The van der Waals surface area contributed by atoms with E-state index in [0.717, 1.165) is 17.5 Å². The van der Waals surface area contributed by atoms with Crippen molar-refractivity contribution in [3.8, 4) is 0 Å². The number of hydrogen-bond donors (Lipinski definition) is 0. The third-order valence-corrected chi connectivity index (χ3v) is 5.10. The second kappa shape index (κ2) is 4.45. The molecule has 2 unspecified atom stereocenters. The molecule has 0 bridgehead atoms. The van der Waals surface area contributed by atoms with Crippen LogP contribution in [0.3, 0.4) is 0 Å². The predicted molar refractivity (Wildman–Crippen MR) is 77.9 cm³/mol. The molecule has 0 spiro atoms. The van der Waals surface area contributed by atoms with Gasteiger partial charge in [0.15, 0.2) is 0 Å². The Morgan fingerprint density at radius 2 is 1.56 bits per heavy atom. The molecule has 92 valence electrons. The van der Waals surface area contributed by atoms with Crippen LogP contribution in [0.1, 0.15) is 16.7 Å². The molecule has 0 aromatic heterocycles. The van der Waals surface area contributed by atoms with Crippen LogP contribution in [0.25, 0.3) is 0 Å². The molecule has 18 heavy (non-hydrogen) atoms. The van der Waals surface area contributed by atoms with Crippen LogP contribution in [0.4, 0.5) is 0 Å². The molecule has 3 rings (SSSR count). The minimum Gasteiger partial charge on any atom is -0.120 e. The smallest absolute Gasteiger partial charge is 0.113 e. The van der Waals surface area contributed by atoms with Gasteiger partial charge in [-0.3, -0.25) is 0 Å². The van der Waals surface area contributed by atoms with Crippen LogP contribution in [0.2, 0.25) is 5.02 Å². The molecule has 0 nitrogen and oxygen atoms in total. The summed E-state index contributed by atoms with van der Waals surface area (Å²) < 4.78 is 0. The quantitative estimate of drug-likeness (QED) is 0.651. The van der Waals surface area contributed by atoms with E-state index in [0.29, 0.717) is 5.02 Å². The fourth-order valence-electron chi connectivity index (χ4n) is 2.63. The highest BCUT2D eigenvalue weighted by Gasteiger charge is 2.46. The van der Waals surface area contributed by atoms with Crippen LogP contribution in [-0.2, 0) is 11.3 Å². The first kappa shape index (κ1) is 12.3. The molecule has 0 radical (unpaired) electrons. The van der Waals surface area contributed by atoms with Crippen molar-refractivity contribution in [3.63, 3.8) is 0 Å². The minimum absolute atomic E-state index is 0.184. The maximum Gasteiger partial charge on any atom is 0.113 e. The first-order valence-corrected chi connectivity index (χ1v) is 6.99. The van der Waals surface area contributed by atoms with Crippen LogP contribution in [-0.4, -0.2) is 5.38 Å². The Bertz CT molecular complexity index is 594. The van der Waals surface area contributed by atoms with Gasteiger partial charge in [0.05, 0.1) is 5.38 Å². The van der Waals surface area contributed by atoms with Crippen molar-refractivity contribution in [2.24, 2.45) is 0 Å². The van der Waals surface area contributed by atoms with E-state index in [1.807, 2.05) is 42.5 Å². The van der Waals surface area contributed by atoms with Crippen LogP contribution >= 0.6 is 34.8 Å². The molecule has 2 aromatic carbocycles. The van der Waals surface area contributed by atoms with E-state index in [-0.39, 0.29) is 5.38 Å². The summed E-state index contributed by atoms with van der Waals surface area (Å²) >= 11 is 19.6. The van der Waals surface area contributed by atoms with Crippen LogP contribution in [0.5, 0.6) is 0 Å². The zero-order valence-electron chi connectivity index (χ0n) is 9.54. The second-order valence-electron chi connectivity index (χ2n) is 4.52. The molecule has 0 saturated heterocycles. The van der Waals surface area contributed by atoms with Crippen LogP contribution in [0.15, 0.2) is 48.5 Å². The number of alkyl halides is 2. The fourth-order valence-corrected chi connectivity index (χ4v) is 3.79. The fraction of sp³-hybridized carbons (Fsp3) is 0.200. The minimum atomic E-state index is -0.726. The van der Waals surface area contributed by atoms with Crippen molar-refractivity contribution in [2.45, 2.75) is 16.7 Å². The molecule has 0 N–H and O–H groups in total. The van der Waals surface area contributed by atoms with E-state index in [1.54, 1.807) is 0 Å². The highest BCUT2D eigenvalue weighted by atomic mass is 35.5. The lowest BCUT2D eigenvalue weighted by Crippen LogP contribution is -2.27. The summed E-state index contributed by atoms with van der Waals surface area (Å²) in [6.45, 7) is 0. The largest absolute Gasteiger partial charge is 0.120 e. The Hall–Kier alpha value is -0.690. The van der Waals surface area contributed by atoms with E-state index in [4.69, 9.17) is 34.8 Å². The molecule has 0 amide bonds. The summed E-state index contributed by atoms with van der Waals surface area (Å²) in [5, 5.41) is 0.478. The highest BCUT2D eigenvalue weighted by Crippen LogP contribution is 2.51. The Balaban J connectivity index is 2.24. The third kappa shape index (κ3) is 1.67. The molecule has 0 heterocycles. The van der Waals surface area contributed by atoms with E-state index in [9.17, 15) is 0 Å². The first-order chi connectivity index (χ1) is 8.64. The van der Waals surface area contributed by atoms with Crippen molar-refractivity contribution in [1.29, 1.82) is 0 Å². The third-order valence-electron chi connectivity index (χ3n) is 3.51. The average molecular weight is 298 g/mol. The maximum absolute atomic E-state index is 6.87. The van der Waals surface area contributed by atoms with Gasteiger partial charge in [-0.15, -0.1) is 23.2 Å². The van der Waals surface area contributed by atoms with Gasteiger partial charge in [-0.25, -0.2) is 0 Å². The van der Waals surface area contributed by atoms with Crippen molar-refractivity contribution in [2.75, 3.05) is 0 Å². The zero-order chi connectivity index (χ0) is 12.8. The number of fused-ring (bicyclic) bond motifs is 1. The number of benzene rings is 2. The summed E-state index contributed by atoms with van der Waals surface area (Å²) in [6.07, 6.45) is 0.770. The van der Waals surface area contributed by atoms with Crippen LogP contribution in [0, 0.1) is 0 Å². The lowest BCUT2D eigenvalue weighted by atomic mass is 9.91. The summed E-state index contributed by atoms with van der Waals surface area (Å²) in [5.74, 6) is 0. The Labute approximate surface area is 121 Å². The summed E-state index contributed by atoms with van der Waals surface area (Å²) in [5.41, 5.74) is 3.16. The summed E-state index contributed by atoms with van der Waals surface area (Å²) in [7, 11) is 0. The van der Waals surface area contributed by atoms with Gasteiger partial charge in [-0.1, -0.05) is 54.1 Å². The summed E-state index contributed by atoms with van der Waals surface area (Å²) in [6, 6.07) is 15.8. The van der Waals surface area contributed by atoms with Crippen molar-refractivity contribution in [3.05, 3.63) is 70.2 Å². The first-order valence-electron chi connectivity index (χ1n) is 5.80. The van der Waals surface area contributed by atoms with Gasteiger partial charge in [0.1, 0.15) is 4.87 Å². The SMILES string of the molecule is Clc1ccccc1C1(Cl)c2ccccc2CC1Cl. The molecule has 0 saturated carbocycles. The Morgan fingerprint density at radius 3 is 2.28 bits per heavy atom. The normalized spacial score (nSPS) is 26.1. The van der Waals surface area contributed by atoms with Gasteiger partial charge in [-0.2, -0.15) is 0 Å². The zero-order valence-corrected chi connectivity index (χ0v) is 11.8. The maximum atomic E-state index is 6.87. The van der Waals surface area contributed by atoms with E-state index >= 15 is 0 Å². The average Bonchev–Trinajstić information content (AvgIpc) is 2.63. The Kier molecular flexibility index (Phi) is 3.05. The molecule has 0 aliphatic heterocycles. The Morgan fingerprint density at radius 1 is 0.944 bits per heavy atom. The second-order valence-corrected chi connectivity index (χ2v) is 6.05. The predicted octanol–water partition coefficient (Wildman–Crippen LogP) is 4.99. The monoisotopic (exact) mass is 296 g/mol. The van der Waals surface area contributed by atoms with Crippen molar-refractivity contribution >= 4 is 34.8 Å². The molecule has 2 aromatic rings. The lowest BCUT2D eigenvalue weighted by Gasteiger charge is -2.28. The summed E-state index contributed by atoms with van der Waals surface area (Å²) in [4.78, 5) is -0.726. The number of hydrogen-bond acceptors (Lipinski definition) is 0. The van der Waals surface area contributed by atoms with E-state index < -0.39 is 4.87 Å². The van der Waals surface area contributed by atoms with Crippen molar-refractivity contribution in [1.82, 2.24) is 0 Å². The van der Waals surface area contributed by atoms with Gasteiger partial charge in [0.25, 0.3) is 0 Å². The molecular weight excluding hydrogens is 287 g/mol. The molecule has 1 aliphatic carbocycles. The molecular formula is C15H11Cl3. The van der Waals surface area contributed by atoms with E-state index in [2.05, 4.69) is 6.07 Å². The number of rotatable bonds is 1. The standard InChI is InChI=1S/C15H11Cl3/c16-13-8-4-3-7-12(13)15(18)11-6-2-1-5-10(11)9-14(15)17/h1-8,14H,9H2. The van der Waals surface area contributed by atoms with Gasteiger partial charge in [0, 0.05) is 5.02 Å².